The third kappa shape index (κ3) is 2.63. The second-order valence-electron chi connectivity index (χ2n) is 4.76. The molecule has 1 aromatic heterocycles. The van der Waals surface area contributed by atoms with Crippen molar-refractivity contribution in [1.29, 1.82) is 0 Å². The van der Waals surface area contributed by atoms with Gasteiger partial charge >= 0.3 is 0 Å². The van der Waals surface area contributed by atoms with Crippen LogP contribution in [0, 0.1) is 5.92 Å². The summed E-state index contributed by atoms with van der Waals surface area (Å²) < 4.78 is 0. The van der Waals surface area contributed by atoms with Crippen molar-refractivity contribution < 1.29 is 4.79 Å². The van der Waals surface area contributed by atoms with Crippen LogP contribution in [-0.4, -0.2) is 18.9 Å². The van der Waals surface area contributed by atoms with Gasteiger partial charge < -0.3 is 10.6 Å². The van der Waals surface area contributed by atoms with Crippen LogP contribution in [0.4, 0.5) is 10.7 Å². The molecule has 1 aromatic rings. The Hall–Kier alpha value is -1.03. The number of nitrogens with zero attached hydrogens (tertiary/aromatic N) is 1. The van der Waals surface area contributed by atoms with Gasteiger partial charge in [-0.15, -0.1) is 11.3 Å². The van der Waals surface area contributed by atoms with E-state index in [2.05, 4.69) is 11.8 Å². The molecule has 0 bridgehead atoms. The van der Waals surface area contributed by atoms with Gasteiger partial charge in [0.25, 0.3) is 0 Å². The lowest BCUT2D eigenvalue weighted by atomic mass is 9.95. The van der Waals surface area contributed by atoms with Crippen molar-refractivity contribution in [1.82, 2.24) is 0 Å². The number of piperidine rings is 1. The molecule has 3 nitrogen and oxygen atoms in total. The van der Waals surface area contributed by atoms with Crippen LogP contribution in [0.5, 0.6) is 0 Å². The molecular weight excluding hydrogens is 232 g/mol. The Kier molecular flexibility index (Phi) is 3.72. The molecule has 0 radical (unpaired) electrons. The van der Waals surface area contributed by atoms with E-state index in [-0.39, 0.29) is 5.78 Å². The third-order valence-electron chi connectivity index (χ3n) is 3.57. The first-order valence-corrected chi connectivity index (χ1v) is 7.08. The SMILES string of the molecule is CCC1CCN(c2cc(N)c(C(C)=O)s2)CC1. The highest BCUT2D eigenvalue weighted by Crippen LogP contribution is 2.35. The van der Waals surface area contributed by atoms with Crippen molar-refractivity contribution in [2.45, 2.75) is 33.1 Å². The highest BCUT2D eigenvalue weighted by Gasteiger charge is 2.21. The smallest absolute Gasteiger partial charge is 0.171 e. The largest absolute Gasteiger partial charge is 0.397 e. The average Bonchev–Trinajstić information content (AvgIpc) is 2.71. The molecule has 0 atom stereocenters. The molecule has 1 saturated heterocycles. The average molecular weight is 252 g/mol. The van der Waals surface area contributed by atoms with E-state index in [4.69, 9.17) is 5.73 Å². The van der Waals surface area contributed by atoms with Gasteiger partial charge in [-0.25, -0.2) is 0 Å². The molecule has 0 saturated carbocycles. The maximum absolute atomic E-state index is 11.4. The molecule has 1 fully saturated rings. The molecule has 0 aromatic carbocycles. The molecule has 0 unspecified atom stereocenters. The number of nitrogen functional groups attached to an aromatic ring is 1. The monoisotopic (exact) mass is 252 g/mol. The number of carbonyl (C=O) groups is 1. The molecule has 2 rings (SSSR count). The van der Waals surface area contributed by atoms with E-state index in [1.807, 2.05) is 6.07 Å². The van der Waals surface area contributed by atoms with Crippen LogP contribution in [0.25, 0.3) is 0 Å². The second kappa shape index (κ2) is 5.08. The Morgan fingerprint density at radius 2 is 2.18 bits per heavy atom. The summed E-state index contributed by atoms with van der Waals surface area (Å²) in [6.07, 6.45) is 3.78. The van der Waals surface area contributed by atoms with Gasteiger partial charge in [-0.2, -0.15) is 0 Å². The van der Waals surface area contributed by atoms with Crippen molar-refractivity contribution in [3.05, 3.63) is 10.9 Å². The molecular formula is C13H20N2OS. The van der Waals surface area contributed by atoms with Crippen LogP contribution in [0.1, 0.15) is 42.8 Å². The van der Waals surface area contributed by atoms with Gasteiger partial charge in [0.05, 0.1) is 15.6 Å². The molecule has 1 aliphatic rings. The van der Waals surface area contributed by atoms with Crippen LogP contribution < -0.4 is 10.6 Å². The maximum Gasteiger partial charge on any atom is 0.171 e. The van der Waals surface area contributed by atoms with Crippen molar-refractivity contribution in [2.24, 2.45) is 5.92 Å². The Bertz CT molecular complexity index is 406. The third-order valence-corrected chi connectivity index (χ3v) is 4.88. The zero-order chi connectivity index (χ0) is 12.4. The van der Waals surface area contributed by atoms with Crippen molar-refractivity contribution >= 4 is 27.8 Å². The Morgan fingerprint density at radius 1 is 1.53 bits per heavy atom. The fourth-order valence-electron chi connectivity index (χ4n) is 2.38. The number of nitrogens with two attached hydrogens (primary N) is 1. The molecule has 2 heterocycles. The number of rotatable bonds is 3. The van der Waals surface area contributed by atoms with Crippen molar-refractivity contribution in [3.8, 4) is 0 Å². The van der Waals surface area contributed by atoms with E-state index >= 15 is 0 Å². The summed E-state index contributed by atoms with van der Waals surface area (Å²) in [7, 11) is 0. The van der Waals surface area contributed by atoms with Gasteiger partial charge in [-0.1, -0.05) is 13.3 Å². The molecule has 4 heteroatoms. The normalized spacial score (nSPS) is 17.4. The molecule has 1 aliphatic heterocycles. The lowest BCUT2D eigenvalue weighted by molar-refractivity contribution is 0.102. The number of anilines is 2. The van der Waals surface area contributed by atoms with Gasteiger partial charge in [-0.3, -0.25) is 4.79 Å². The van der Waals surface area contributed by atoms with Crippen LogP contribution >= 0.6 is 11.3 Å². The zero-order valence-corrected chi connectivity index (χ0v) is 11.3. The summed E-state index contributed by atoms with van der Waals surface area (Å²) in [6, 6.07) is 1.95. The predicted octanol–water partition coefficient (Wildman–Crippen LogP) is 3.16. The Labute approximate surface area is 107 Å². The van der Waals surface area contributed by atoms with E-state index in [9.17, 15) is 4.79 Å². The van der Waals surface area contributed by atoms with Crippen LogP contribution in [-0.2, 0) is 0 Å². The first-order chi connectivity index (χ1) is 8.11. The molecule has 0 amide bonds. The van der Waals surface area contributed by atoms with Crippen LogP contribution in [0.3, 0.4) is 0 Å². The van der Waals surface area contributed by atoms with E-state index < -0.39 is 0 Å². The minimum Gasteiger partial charge on any atom is -0.397 e. The summed E-state index contributed by atoms with van der Waals surface area (Å²) in [5.41, 5.74) is 6.50. The lowest BCUT2D eigenvalue weighted by Gasteiger charge is -2.32. The number of Topliss-reactive ketones (excluding diaryl/α,β-unsaturated/α-hetero) is 1. The summed E-state index contributed by atoms with van der Waals surface area (Å²) in [4.78, 5) is 14.4. The highest BCUT2D eigenvalue weighted by atomic mass is 32.1. The minimum atomic E-state index is 0.0715. The molecule has 94 valence electrons. The summed E-state index contributed by atoms with van der Waals surface area (Å²) in [5.74, 6) is 0.943. The highest BCUT2D eigenvalue weighted by molar-refractivity contribution is 7.18. The fraction of sp³-hybridized carbons (Fsp3) is 0.615. The number of hydrogen-bond donors (Lipinski definition) is 1. The minimum absolute atomic E-state index is 0.0715. The first-order valence-electron chi connectivity index (χ1n) is 6.27. The van der Waals surface area contributed by atoms with Gasteiger partial charge in [0.15, 0.2) is 5.78 Å². The number of ketones is 1. The summed E-state index contributed by atoms with van der Waals surface area (Å²) >= 11 is 1.53. The quantitative estimate of drug-likeness (QED) is 0.841. The topological polar surface area (TPSA) is 46.3 Å². The number of carbonyl (C=O) groups excluding carboxylic acids is 1. The van der Waals surface area contributed by atoms with Crippen LogP contribution in [0.2, 0.25) is 0 Å². The number of hydrogen-bond acceptors (Lipinski definition) is 4. The lowest BCUT2D eigenvalue weighted by Crippen LogP contribution is -2.32. The molecule has 0 spiro atoms. The van der Waals surface area contributed by atoms with Gasteiger partial charge in [0, 0.05) is 20.0 Å². The van der Waals surface area contributed by atoms with Gasteiger partial charge in [0.1, 0.15) is 0 Å². The Balaban J connectivity index is 2.08. The van der Waals surface area contributed by atoms with Crippen molar-refractivity contribution in [2.75, 3.05) is 23.7 Å². The summed E-state index contributed by atoms with van der Waals surface area (Å²) in [5, 5.41) is 1.15. The number of thiophene rings is 1. The second-order valence-corrected chi connectivity index (χ2v) is 5.79. The van der Waals surface area contributed by atoms with Gasteiger partial charge in [0.2, 0.25) is 0 Å². The molecule has 17 heavy (non-hydrogen) atoms. The molecule has 0 aliphatic carbocycles. The maximum atomic E-state index is 11.4. The van der Waals surface area contributed by atoms with E-state index in [1.165, 1.54) is 30.6 Å². The zero-order valence-electron chi connectivity index (χ0n) is 10.5. The Morgan fingerprint density at radius 3 is 2.65 bits per heavy atom. The van der Waals surface area contributed by atoms with E-state index in [0.29, 0.717) is 10.6 Å². The fourth-order valence-corrected chi connectivity index (χ4v) is 3.41. The first kappa shape index (κ1) is 12.4. The standard InChI is InChI=1S/C13H20N2OS/c1-3-10-4-6-15(7-5-10)12-8-11(14)13(17-12)9(2)16/h8,10H,3-7,14H2,1-2H3. The molecule has 2 N–H and O–H groups in total. The van der Waals surface area contributed by atoms with E-state index in [0.717, 1.165) is 24.0 Å². The summed E-state index contributed by atoms with van der Waals surface area (Å²) in [6.45, 7) is 6.03. The predicted molar refractivity (Wildman–Crippen MR) is 74.0 cm³/mol. The van der Waals surface area contributed by atoms with Crippen molar-refractivity contribution in [3.63, 3.8) is 0 Å². The van der Waals surface area contributed by atoms with Crippen LogP contribution in [0.15, 0.2) is 6.07 Å². The van der Waals surface area contributed by atoms with Gasteiger partial charge in [-0.05, 0) is 24.8 Å². The van der Waals surface area contributed by atoms with E-state index in [1.54, 1.807) is 6.92 Å².